The predicted octanol–water partition coefficient (Wildman–Crippen LogP) is 8.79. The largest absolute Gasteiger partial charge is 0.489 e. The molecule has 0 aliphatic heterocycles. The fourth-order valence-corrected chi connectivity index (χ4v) is 4.00. The molecular weight excluding hydrogens is 516 g/mol. The van der Waals surface area contributed by atoms with Crippen molar-refractivity contribution in [3.63, 3.8) is 0 Å². The van der Waals surface area contributed by atoms with E-state index in [9.17, 15) is 18.0 Å². The van der Waals surface area contributed by atoms with Gasteiger partial charge >= 0.3 is 6.18 Å². The van der Waals surface area contributed by atoms with Crippen molar-refractivity contribution in [2.75, 3.05) is 0 Å². The van der Waals surface area contributed by atoms with Crippen molar-refractivity contribution < 1.29 is 27.1 Å². The van der Waals surface area contributed by atoms with Crippen LogP contribution in [0.15, 0.2) is 69.9 Å². The monoisotopic (exact) mass is 536 g/mol. The molecule has 36 heavy (non-hydrogen) atoms. The van der Waals surface area contributed by atoms with E-state index >= 15 is 0 Å². The van der Waals surface area contributed by atoms with Gasteiger partial charge in [0, 0.05) is 21.7 Å². The second-order valence-corrected chi connectivity index (χ2v) is 9.92. The van der Waals surface area contributed by atoms with Gasteiger partial charge in [-0.2, -0.15) is 13.2 Å². The number of hydrogen-bond acceptors (Lipinski definition) is 4. The smallest absolute Gasteiger partial charge is 0.453 e. The van der Waals surface area contributed by atoms with E-state index in [-0.39, 0.29) is 34.5 Å². The third kappa shape index (κ3) is 5.47. The Bertz CT molecular complexity index is 1450. The van der Waals surface area contributed by atoms with Crippen LogP contribution in [-0.2, 0) is 18.2 Å². The summed E-state index contributed by atoms with van der Waals surface area (Å²) in [7, 11) is 0. The fourth-order valence-electron chi connectivity index (χ4n) is 3.49. The topological polar surface area (TPSA) is 48.7 Å². The Morgan fingerprint density at radius 3 is 2.08 bits per heavy atom. The van der Waals surface area contributed by atoms with E-state index in [1.807, 2.05) is 20.8 Å². The molecule has 4 rings (SSSR count). The SMILES string of the molecule is CC(C)(C)c1ccc(Oc2c(C(F)(F)F)oc3cc(OCc4c(Cl)cccc4Cl)ccc3c2=O)cc1. The molecule has 0 bridgehead atoms. The van der Waals surface area contributed by atoms with Crippen LogP contribution in [0.5, 0.6) is 17.2 Å². The molecule has 0 atom stereocenters. The average Bonchev–Trinajstić information content (AvgIpc) is 2.79. The van der Waals surface area contributed by atoms with Crippen LogP contribution in [0.2, 0.25) is 10.0 Å². The minimum atomic E-state index is -4.98. The normalized spacial score (nSPS) is 12.1. The summed E-state index contributed by atoms with van der Waals surface area (Å²) in [6.07, 6.45) is -4.98. The molecule has 1 aromatic heterocycles. The Balaban J connectivity index is 1.70. The molecule has 0 aliphatic rings. The van der Waals surface area contributed by atoms with Crippen molar-refractivity contribution in [3.8, 4) is 17.2 Å². The maximum atomic E-state index is 13.9. The van der Waals surface area contributed by atoms with Crippen LogP contribution in [0, 0.1) is 0 Å². The van der Waals surface area contributed by atoms with E-state index in [1.54, 1.807) is 30.3 Å². The van der Waals surface area contributed by atoms with Gasteiger partial charge in [-0.25, -0.2) is 0 Å². The van der Waals surface area contributed by atoms with Crippen molar-refractivity contribution in [1.82, 2.24) is 0 Å². The molecule has 0 fully saturated rings. The molecule has 0 N–H and O–H groups in total. The summed E-state index contributed by atoms with van der Waals surface area (Å²) in [5, 5.41) is 0.672. The van der Waals surface area contributed by atoms with Crippen LogP contribution in [-0.4, -0.2) is 0 Å². The summed E-state index contributed by atoms with van der Waals surface area (Å²) < 4.78 is 57.8. The van der Waals surface area contributed by atoms with Crippen molar-refractivity contribution >= 4 is 34.2 Å². The zero-order chi connectivity index (χ0) is 26.3. The number of ether oxygens (including phenoxy) is 2. The quantitative estimate of drug-likeness (QED) is 0.255. The number of rotatable bonds is 5. The standard InChI is InChI=1S/C27H21Cl2F3O4/c1-26(2,3)15-7-9-16(10-8-15)35-24-23(33)18-12-11-17(13-22(18)36-25(24)27(30,31)32)34-14-19-20(28)5-4-6-21(19)29/h4-13H,14H2,1-3H3. The Kier molecular flexibility index (Phi) is 6.99. The van der Waals surface area contributed by atoms with Gasteiger partial charge in [0.2, 0.25) is 11.2 Å². The second-order valence-electron chi connectivity index (χ2n) is 9.11. The Hall–Kier alpha value is -3.16. The summed E-state index contributed by atoms with van der Waals surface area (Å²) in [6, 6.07) is 15.4. The van der Waals surface area contributed by atoms with Crippen LogP contribution in [0.25, 0.3) is 11.0 Å². The lowest BCUT2D eigenvalue weighted by molar-refractivity contribution is -0.154. The summed E-state index contributed by atoms with van der Waals surface area (Å²) >= 11 is 12.3. The van der Waals surface area contributed by atoms with Crippen LogP contribution >= 0.6 is 23.2 Å². The van der Waals surface area contributed by atoms with Gasteiger partial charge in [0.1, 0.15) is 23.7 Å². The zero-order valence-electron chi connectivity index (χ0n) is 19.5. The molecule has 0 amide bonds. The van der Waals surface area contributed by atoms with Gasteiger partial charge in [0.15, 0.2) is 0 Å². The van der Waals surface area contributed by atoms with Gasteiger partial charge in [-0.15, -0.1) is 0 Å². The molecule has 4 nitrogen and oxygen atoms in total. The molecule has 0 spiro atoms. The number of hydrogen-bond donors (Lipinski definition) is 0. The first-order valence-electron chi connectivity index (χ1n) is 10.9. The first-order chi connectivity index (χ1) is 16.8. The molecule has 0 saturated carbocycles. The van der Waals surface area contributed by atoms with Crippen molar-refractivity contribution in [2.24, 2.45) is 0 Å². The van der Waals surface area contributed by atoms with Crippen LogP contribution < -0.4 is 14.9 Å². The number of benzene rings is 3. The first kappa shape index (κ1) is 25.9. The molecule has 0 aliphatic carbocycles. The van der Waals surface area contributed by atoms with E-state index in [4.69, 9.17) is 37.1 Å². The fraction of sp³-hybridized carbons (Fsp3) is 0.222. The van der Waals surface area contributed by atoms with E-state index in [0.717, 1.165) is 5.56 Å². The predicted molar refractivity (Wildman–Crippen MR) is 133 cm³/mol. The molecule has 188 valence electrons. The highest BCUT2D eigenvalue weighted by Crippen LogP contribution is 2.39. The number of alkyl halides is 3. The van der Waals surface area contributed by atoms with Gasteiger partial charge in [0.25, 0.3) is 5.76 Å². The maximum Gasteiger partial charge on any atom is 0.453 e. The van der Waals surface area contributed by atoms with Crippen LogP contribution in [0.1, 0.15) is 37.7 Å². The Labute approximate surface area is 215 Å². The Morgan fingerprint density at radius 1 is 0.889 bits per heavy atom. The molecule has 4 aromatic rings. The summed E-state index contributed by atoms with van der Waals surface area (Å²) in [6.45, 7) is 5.98. The Morgan fingerprint density at radius 2 is 1.50 bits per heavy atom. The molecule has 1 heterocycles. The maximum absolute atomic E-state index is 13.9. The van der Waals surface area contributed by atoms with Crippen LogP contribution in [0.3, 0.4) is 0 Å². The lowest BCUT2D eigenvalue weighted by atomic mass is 9.87. The van der Waals surface area contributed by atoms with E-state index in [0.29, 0.717) is 15.6 Å². The van der Waals surface area contributed by atoms with Crippen LogP contribution in [0.4, 0.5) is 13.2 Å². The van der Waals surface area contributed by atoms with Gasteiger partial charge in [-0.1, -0.05) is 62.2 Å². The molecule has 3 aromatic carbocycles. The van der Waals surface area contributed by atoms with Crippen molar-refractivity contribution in [2.45, 2.75) is 39.0 Å². The lowest BCUT2D eigenvalue weighted by Crippen LogP contribution is -2.15. The van der Waals surface area contributed by atoms with Gasteiger partial charge in [0.05, 0.1) is 5.39 Å². The van der Waals surface area contributed by atoms with Gasteiger partial charge in [-0.05, 0) is 47.4 Å². The lowest BCUT2D eigenvalue weighted by Gasteiger charge is -2.19. The molecular formula is C27H21Cl2F3O4. The molecule has 0 unspecified atom stereocenters. The highest BCUT2D eigenvalue weighted by Gasteiger charge is 2.40. The van der Waals surface area contributed by atoms with Gasteiger partial charge in [-0.3, -0.25) is 4.79 Å². The highest BCUT2D eigenvalue weighted by atomic mass is 35.5. The van der Waals surface area contributed by atoms with Crippen molar-refractivity contribution in [1.29, 1.82) is 0 Å². The third-order valence-electron chi connectivity index (χ3n) is 5.46. The number of fused-ring (bicyclic) bond motifs is 1. The minimum absolute atomic E-state index is 0.0356. The summed E-state index contributed by atoms with van der Waals surface area (Å²) in [4.78, 5) is 13.0. The number of halogens is 5. The average molecular weight is 537 g/mol. The first-order valence-corrected chi connectivity index (χ1v) is 11.6. The van der Waals surface area contributed by atoms with Crippen molar-refractivity contribution in [3.05, 3.63) is 97.8 Å². The van der Waals surface area contributed by atoms with E-state index in [2.05, 4.69) is 0 Å². The third-order valence-corrected chi connectivity index (χ3v) is 6.17. The molecule has 0 radical (unpaired) electrons. The highest BCUT2D eigenvalue weighted by molar-refractivity contribution is 6.35. The summed E-state index contributed by atoms with van der Waals surface area (Å²) in [5.41, 5.74) is 0.0607. The second kappa shape index (κ2) is 9.71. The molecule has 0 saturated heterocycles. The van der Waals surface area contributed by atoms with E-state index < -0.39 is 23.1 Å². The summed E-state index contributed by atoms with van der Waals surface area (Å²) in [5.74, 6) is -2.22. The van der Waals surface area contributed by atoms with E-state index in [1.165, 1.54) is 30.3 Å². The zero-order valence-corrected chi connectivity index (χ0v) is 21.0. The van der Waals surface area contributed by atoms with Gasteiger partial charge < -0.3 is 13.9 Å². The molecule has 9 heteroatoms. The minimum Gasteiger partial charge on any atom is -0.489 e.